The second-order valence-electron chi connectivity index (χ2n) is 16.8. The molecule has 0 aromatic heterocycles. The zero-order chi connectivity index (χ0) is 37.5. The number of fused-ring (bicyclic) bond motifs is 9. The van der Waals surface area contributed by atoms with Crippen LogP contribution in [0, 0.1) is 0 Å². The minimum Gasteiger partial charge on any atom is -0.458 e. The maximum absolute atomic E-state index is 6.93. The van der Waals surface area contributed by atoms with Gasteiger partial charge in [0.15, 0.2) is 0 Å². The summed E-state index contributed by atoms with van der Waals surface area (Å²) in [5.74, 6) is 3.58. The molecule has 0 saturated carbocycles. The second-order valence-corrected chi connectivity index (χ2v) is 16.8. The molecule has 2 aliphatic carbocycles. The summed E-state index contributed by atoms with van der Waals surface area (Å²) in [4.78, 5) is 2.38. The zero-order valence-electron chi connectivity index (χ0n) is 31.9. The summed E-state index contributed by atoms with van der Waals surface area (Å²) in [7, 11) is 0. The highest BCUT2D eigenvalue weighted by atomic mass is 16.5. The van der Waals surface area contributed by atoms with E-state index in [2.05, 4.69) is 190 Å². The summed E-state index contributed by atoms with van der Waals surface area (Å²) in [5, 5.41) is 2.53. The fourth-order valence-electron chi connectivity index (χ4n) is 10.5. The van der Waals surface area contributed by atoms with Crippen molar-refractivity contribution in [1.29, 1.82) is 0 Å². The van der Waals surface area contributed by atoms with Crippen LogP contribution in [0.1, 0.15) is 49.9 Å². The molecule has 0 fully saturated rings. The van der Waals surface area contributed by atoms with Gasteiger partial charge in [0.2, 0.25) is 0 Å². The molecular formula is C52H38BNO2. The first-order valence-electron chi connectivity index (χ1n) is 19.7. The number of hydrogen-bond donors (Lipinski definition) is 0. The third kappa shape index (κ3) is 4.14. The number of hydrogen-bond acceptors (Lipinski definition) is 3. The minimum atomic E-state index is -0.283. The Bertz CT molecular complexity index is 2950. The first-order valence-corrected chi connectivity index (χ1v) is 19.7. The van der Waals surface area contributed by atoms with Crippen LogP contribution in [-0.2, 0) is 10.8 Å². The van der Waals surface area contributed by atoms with E-state index in [0.717, 1.165) is 45.5 Å². The molecule has 3 nitrogen and oxygen atoms in total. The number of anilines is 3. The summed E-state index contributed by atoms with van der Waals surface area (Å²) < 4.78 is 13.7. The first kappa shape index (κ1) is 31.8. The number of para-hydroxylation sites is 2. The van der Waals surface area contributed by atoms with Gasteiger partial charge in [-0.1, -0.05) is 131 Å². The number of rotatable bonds is 3. The summed E-state index contributed by atoms with van der Waals surface area (Å²) in [6.07, 6.45) is 0. The molecule has 8 aromatic carbocycles. The molecule has 0 unspecified atom stereocenters. The lowest BCUT2D eigenvalue weighted by Gasteiger charge is -2.39. The van der Waals surface area contributed by atoms with Crippen LogP contribution in [-0.4, -0.2) is 6.71 Å². The van der Waals surface area contributed by atoms with Gasteiger partial charge in [-0.15, -0.1) is 0 Å². The van der Waals surface area contributed by atoms with Gasteiger partial charge in [0.1, 0.15) is 23.0 Å². The van der Waals surface area contributed by atoms with Crippen molar-refractivity contribution in [2.75, 3.05) is 4.90 Å². The molecule has 8 aromatic rings. The Morgan fingerprint density at radius 2 is 0.964 bits per heavy atom. The van der Waals surface area contributed by atoms with Gasteiger partial charge in [0.05, 0.1) is 5.69 Å². The summed E-state index contributed by atoms with van der Waals surface area (Å²) in [5.41, 5.74) is 16.9. The normalized spacial score (nSPS) is 15.3. The van der Waals surface area contributed by atoms with E-state index in [-0.39, 0.29) is 17.5 Å². The van der Waals surface area contributed by atoms with Crippen molar-refractivity contribution in [2.24, 2.45) is 0 Å². The van der Waals surface area contributed by atoms with E-state index in [0.29, 0.717) is 0 Å². The molecule has 0 saturated heterocycles. The van der Waals surface area contributed by atoms with E-state index >= 15 is 0 Å². The van der Waals surface area contributed by atoms with Gasteiger partial charge in [-0.2, -0.15) is 0 Å². The minimum absolute atomic E-state index is 0.0236. The molecule has 4 aliphatic rings. The molecule has 2 heterocycles. The van der Waals surface area contributed by atoms with Crippen molar-refractivity contribution in [1.82, 2.24) is 0 Å². The Hall–Kier alpha value is -6.52. The highest BCUT2D eigenvalue weighted by Gasteiger charge is 2.45. The Morgan fingerprint density at radius 1 is 0.429 bits per heavy atom. The summed E-state index contributed by atoms with van der Waals surface area (Å²) in [6.45, 7) is 9.47. The monoisotopic (exact) mass is 719 g/mol. The fourth-order valence-corrected chi connectivity index (χ4v) is 10.5. The highest BCUT2D eigenvalue weighted by molar-refractivity contribution is 6.98. The molecule has 0 bridgehead atoms. The molecule has 266 valence electrons. The summed E-state index contributed by atoms with van der Waals surface area (Å²) in [6, 6.07) is 57.5. The van der Waals surface area contributed by atoms with Gasteiger partial charge < -0.3 is 14.4 Å². The molecular weight excluding hydrogens is 681 g/mol. The average molecular weight is 720 g/mol. The van der Waals surface area contributed by atoms with Crippen molar-refractivity contribution in [3.8, 4) is 45.3 Å². The fraction of sp³-hybridized carbons (Fsp3) is 0.115. The van der Waals surface area contributed by atoms with E-state index in [4.69, 9.17) is 9.47 Å². The molecule has 4 heteroatoms. The Kier molecular flexibility index (Phi) is 6.27. The van der Waals surface area contributed by atoms with Gasteiger partial charge in [-0.25, -0.2) is 0 Å². The van der Waals surface area contributed by atoms with Crippen LogP contribution in [0.4, 0.5) is 17.1 Å². The van der Waals surface area contributed by atoms with E-state index in [1.54, 1.807) is 0 Å². The molecule has 12 rings (SSSR count). The lowest BCUT2D eigenvalue weighted by atomic mass is 9.34. The van der Waals surface area contributed by atoms with Gasteiger partial charge in [0, 0.05) is 33.1 Å². The topological polar surface area (TPSA) is 21.7 Å². The van der Waals surface area contributed by atoms with Gasteiger partial charge >= 0.3 is 0 Å². The highest BCUT2D eigenvalue weighted by Crippen LogP contribution is 2.54. The van der Waals surface area contributed by atoms with Crippen LogP contribution in [0.25, 0.3) is 33.0 Å². The number of benzene rings is 8. The predicted molar refractivity (Wildman–Crippen MR) is 231 cm³/mol. The van der Waals surface area contributed by atoms with Gasteiger partial charge in [-0.3, -0.25) is 0 Å². The van der Waals surface area contributed by atoms with Crippen molar-refractivity contribution in [2.45, 2.75) is 38.5 Å². The number of ether oxygens (including phenoxy) is 2. The van der Waals surface area contributed by atoms with Crippen LogP contribution in [0.2, 0.25) is 0 Å². The maximum Gasteiger partial charge on any atom is 0.260 e. The van der Waals surface area contributed by atoms with Crippen LogP contribution in [0.5, 0.6) is 23.0 Å². The van der Waals surface area contributed by atoms with Gasteiger partial charge in [0.25, 0.3) is 6.71 Å². The maximum atomic E-state index is 6.93. The second kappa shape index (κ2) is 11.0. The molecule has 56 heavy (non-hydrogen) atoms. The Morgan fingerprint density at radius 3 is 1.61 bits per heavy atom. The van der Waals surface area contributed by atoms with Gasteiger partial charge in [-0.05, 0) is 115 Å². The quantitative estimate of drug-likeness (QED) is 0.170. The van der Waals surface area contributed by atoms with Crippen molar-refractivity contribution >= 4 is 50.9 Å². The van der Waals surface area contributed by atoms with E-state index in [9.17, 15) is 0 Å². The molecule has 2 aliphatic heterocycles. The lowest BCUT2D eigenvalue weighted by Crippen LogP contribution is -2.58. The molecule has 0 amide bonds. The molecule has 0 radical (unpaired) electrons. The Balaban J connectivity index is 1.08. The van der Waals surface area contributed by atoms with Crippen molar-refractivity contribution < 1.29 is 9.47 Å². The number of nitrogens with zero attached hydrogens (tertiary/aromatic N) is 1. The Labute approximate surface area is 327 Å². The van der Waals surface area contributed by atoms with Crippen molar-refractivity contribution in [3.05, 3.63) is 180 Å². The lowest BCUT2D eigenvalue weighted by molar-refractivity contribution is 0.464. The largest absolute Gasteiger partial charge is 0.458 e. The third-order valence-electron chi connectivity index (χ3n) is 13.2. The standard InChI is InChI=1S/C52H38BNO2/c1-51(2)38-21-12-11-19-33(38)36-27-47-42(29-40(36)51)53-43-30-41-37(28-48(43)56-46-24-14-23-45(55-47)50(46)53)34-25-26-44(35-20-13-22-39(49(34)35)52(41,3)4)54(31-15-7-5-8-16-31)32-17-9-6-10-18-32/h5-30H,1-4H3. The molecule has 0 atom stereocenters. The third-order valence-corrected chi connectivity index (χ3v) is 13.2. The average Bonchev–Trinajstić information content (AvgIpc) is 3.44. The van der Waals surface area contributed by atoms with Crippen LogP contribution in [0.3, 0.4) is 0 Å². The summed E-state index contributed by atoms with van der Waals surface area (Å²) >= 11 is 0. The molecule has 0 spiro atoms. The molecule has 0 N–H and O–H groups in total. The van der Waals surface area contributed by atoms with Crippen LogP contribution in [0.15, 0.2) is 158 Å². The van der Waals surface area contributed by atoms with E-state index < -0.39 is 0 Å². The smallest absolute Gasteiger partial charge is 0.260 e. The predicted octanol–water partition coefficient (Wildman–Crippen LogP) is 11.6. The van der Waals surface area contributed by atoms with Crippen LogP contribution >= 0.6 is 0 Å². The zero-order valence-corrected chi connectivity index (χ0v) is 31.9. The SMILES string of the molecule is CC1(C)c2ccccc2-c2cc3c(cc21)B1c2cc4c(cc2Oc2cccc(c21)O3)-c1ccc(N(c2ccccc2)c2ccccc2)c2cccc(c12)C4(C)C. The van der Waals surface area contributed by atoms with E-state index in [1.807, 2.05) is 0 Å². The first-order chi connectivity index (χ1) is 27.3. The van der Waals surface area contributed by atoms with Crippen molar-refractivity contribution in [3.63, 3.8) is 0 Å². The van der Waals surface area contributed by atoms with Crippen LogP contribution < -0.4 is 30.8 Å². The van der Waals surface area contributed by atoms with E-state index in [1.165, 1.54) is 66.2 Å².